The molecule has 0 amide bonds. The number of phenolic OH excluding ortho intramolecular Hbond substituents is 1. The predicted molar refractivity (Wildman–Crippen MR) is 113 cm³/mol. The van der Waals surface area contributed by atoms with Gasteiger partial charge in [-0.2, -0.15) is 0 Å². The van der Waals surface area contributed by atoms with Crippen LogP contribution in [0.3, 0.4) is 0 Å². The van der Waals surface area contributed by atoms with Gasteiger partial charge < -0.3 is 10.0 Å². The second-order valence-corrected chi connectivity index (χ2v) is 7.63. The smallest absolute Gasteiger partial charge is 0.123 e. The summed E-state index contributed by atoms with van der Waals surface area (Å²) >= 11 is 0. The van der Waals surface area contributed by atoms with E-state index in [1.807, 2.05) is 12.1 Å². The Bertz CT molecular complexity index is 805. The molecule has 1 N–H and O–H groups in total. The zero-order chi connectivity index (χ0) is 19.4. The Hall–Kier alpha value is -2.58. The Balaban J connectivity index is 2.10. The Morgan fingerprint density at radius 3 is 1.52 bits per heavy atom. The van der Waals surface area contributed by atoms with Gasteiger partial charge in [0.25, 0.3) is 0 Å². The Morgan fingerprint density at radius 1 is 0.741 bits per heavy atom. The van der Waals surface area contributed by atoms with E-state index in [9.17, 15) is 5.11 Å². The van der Waals surface area contributed by atoms with E-state index in [4.69, 9.17) is 0 Å². The number of hydrogen-bond donors (Lipinski definition) is 1. The standard InChI is InChI=1S/C25H29NO/c1-18(21-11-7-5-8-12-21)23-15-20(17-26(3)4)16-24(25(23)27)19(2)22-13-9-6-10-14-22/h5-16,18-19,27H,17H2,1-4H3. The van der Waals surface area contributed by atoms with Crippen LogP contribution in [0.15, 0.2) is 72.8 Å². The number of phenols is 1. The maximum absolute atomic E-state index is 11.2. The Morgan fingerprint density at radius 2 is 1.15 bits per heavy atom. The van der Waals surface area contributed by atoms with Gasteiger partial charge in [0.05, 0.1) is 0 Å². The van der Waals surface area contributed by atoms with E-state index in [0.717, 1.165) is 17.7 Å². The molecule has 2 unspecified atom stereocenters. The molecule has 0 saturated heterocycles. The van der Waals surface area contributed by atoms with Crippen molar-refractivity contribution < 1.29 is 5.11 Å². The SMILES string of the molecule is CC(c1ccccc1)c1cc(CN(C)C)cc(C(C)c2ccccc2)c1O. The van der Waals surface area contributed by atoms with Crippen LogP contribution in [0.1, 0.15) is 53.5 Å². The fraction of sp³-hybridized carbons (Fsp3) is 0.280. The minimum absolute atomic E-state index is 0.134. The fourth-order valence-corrected chi connectivity index (χ4v) is 3.70. The van der Waals surface area contributed by atoms with E-state index < -0.39 is 0 Å². The van der Waals surface area contributed by atoms with Crippen molar-refractivity contribution in [2.24, 2.45) is 0 Å². The normalized spacial score (nSPS) is 13.5. The van der Waals surface area contributed by atoms with Crippen LogP contribution in [0.2, 0.25) is 0 Å². The highest BCUT2D eigenvalue weighted by Gasteiger charge is 2.21. The predicted octanol–water partition coefficient (Wildman–Crippen LogP) is 5.76. The van der Waals surface area contributed by atoms with Crippen LogP contribution < -0.4 is 0 Å². The van der Waals surface area contributed by atoms with Crippen molar-refractivity contribution in [2.45, 2.75) is 32.2 Å². The first kappa shape index (κ1) is 19.2. The molecule has 0 spiro atoms. The molecule has 0 aromatic heterocycles. The molecule has 2 heteroatoms. The highest BCUT2D eigenvalue weighted by atomic mass is 16.3. The molecule has 3 aromatic rings. The quantitative estimate of drug-likeness (QED) is 0.605. The zero-order valence-electron chi connectivity index (χ0n) is 16.7. The summed E-state index contributed by atoms with van der Waals surface area (Å²) < 4.78 is 0. The molecule has 0 aliphatic carbocycles. The lowest BCUT2D eigenvalue weighted by Crippen LogP contribution is -2.12. The average Bonchev–Trinajstić information content (AvgIpc) is 2.69. The van der Waals surface area contributed by atoms with Crippen molar-refractivity contribution in [1.29, 1.82) is 0 Å². The number of benzene rings is 3. The molecular weight excluding hydrogens is 330 g/mol. The number of rotatable bonds is 6. The lowest BCUT2D eigenvalue weighted by molar-refractivity contribution is 0.400. The Labute approximate surface area is 163 Å². The van der Waals surface area contributed by atoms with E-state index in [-0.39, 0.29) is 11.8 Å². The second-order valence-electron chi connectivity index (χ2n) is 7.63. The van der Waals surface area contributed by atoms with Crippen LogP contribution in [0, 0.1) is 0 Å². The van der Waals surface area contributed by atoms with Gasteiger partial charge in [0.15, 0.2) is 0 Å². The van der Waals surface area contributed by atoms with Gasteiger partial charge in [0, 0.05) is 29.5 Å². The number of hydrogen-bond acceptors (Lipinski definition) is 2. The van der Waals surface area contributed by atoms with Crippen LogP contribution in [0.5, 0.6) is 5.75 Å². The van der Waals surface area contributed by atoms with Crippen molar-refractivity contribution in [3.63, 3.8) is 0 Å². The summed E-state index contributed by atoms with van der Waals surface area (Å²) in [5, 5.41) is 11.2. The second kappa shape index (κ2) is 8.41. The summed E-state index contributed by atoms with van der Waals surface area (Å²) in [7, 11) is 4.15. The van der Waals surface area contributed by atoms with E-state index in [2.05, 4.69) is 93.5 Å². The highest BCUT2D eigenvalue weighted by Crippen LogP contribution is 2.39. The average molecular weight is 360 g/mol. The largest absolute Gasteiger partial charge is 0.507 e. The van der Waals surface area contributed by atoms with E-state index >= 15 is 0 Å². The van der Waals surface area contributed by atoms with Crippen LogP contribution in [0.4, 0.5) is 0 Å². The number of nitrogens with zero attached hydrogens (tertiary/aromatic N) is 1. The van der Waals surface area contributed by atoms with Crippen LogP contribution in [-0.4, -0.2) is 24.1 Å². The third-order valence-corrected chi connectivity index (χ3v) is 5.26. The minimum atomic E-state index is 0.134. The first-order valence-electron chi connectivity index (χ1n) is 9.57. The molecule has 3 aromatic carbocycles. The Kier molecular flexibility index (Phi) is 5.98. The van der Waals surface area contributed by atoms with E-state index in [1.54, 1.807) is 0 Å². The van der Waals surface area contributed by atoms with Crippen molar-refractivity contribution >= 4 is 0 Å². The van der Waals surface area contributed by atoms with Gasteiger partial charge in [-0.3, -0.25) is 0 Å². The topological polar surface area (TPSA) is 23.5 Å². The van der Waals surface area contributed by atoms with Crippen molar-refractivity contribution in [3.8, 4) is 5.75 Å². The van der Waals surface area contributed by atoms with Crippen LogP contribution in [0.25, 0.3) is 0 Å². The van der Waals surface area contributed by atoms with Crippen molar-refractivity contribution in [3.05, 3.63) is 101 Å². The fourth-order valence-electron chi connectivity index (χ4n) is 3.70. The first-order valence-corrected chi connectivity index (χ1v) is 9.57. The summed E-state index contributed by atoms with van der Waals surface area (Å²) in [6.07, 6.45) is 0. The van der Waals surface area contributed by atoms with Gasteiger partial charge in [-0.1, -0.05) is 86.6 Å². The van der Waals surface area contributed by atoms with Gasteiger partial charge >= 0.3 is 0 Å². The van der Waals surface area contributed by atoms with Gasteiger partial charge in [0.1, 0.15) is 5.75 Å². The van der Waals surface area contributed by atoms with Crippen LogP contribution >= 0.6 is 0 Å². The molecule has 0 fully saturated rings. The maximum Gasteiger partial charge on any atom is 0.123 e. The molecular formula is C25H29NO. The van der Waals surface area contributed by atoms with Gasteiger partial charge in [-0.15, -0.1) is 0 Å². The summed E-state index contributed by atoms with van der Waals surface area (Å²) in [5.74, 6) is 0.690. The van der Waals surface area contributed by atoms with Crippen molar-refractivity contribution in [1.82, 2.24) is 4.90 Å². The van der Waals surface area contributed by atoms with E-state index in [0.29, 0.717) is 5.75 Å². The molecule has 0 aliphatic rings. The molecule has 2 nitrogen and oxygen atoms in total. The third kappa shape index (κ3) is 4.40. The van der Waals surface area contributed by atoms with Gasteiger partial charge in [-0.25, -0.2) is 0 Å². The maximum atomic E-state index is 11.2. The van der Waals surface area contributed by atoms with Crippen molar-refractivity contribution in [2.75, 3.05) is 14.1 Å². The molecule has 3 rings (SSSR count). The first-order chi connectivity index (χ1) is 13.0. The molecule has 2 atom stereocenters. The minimum Gasteiger partial charge on any atom is -0.507 e. The lowest BCUT2D eigenvalue weighted by atomic mass is 9.85. The van der Waals surface area contributed by atoms with Crippen LogP contribution in [-0.2, 0) is 6.54 Å². The zero-order valence-corrected chi connectivity index (χ0v) is 16.7. The molecule has 0 aliphatic heterocycles. The lowest BCUT2D eigenvalue weighted by Gasteiger charge is -2.23. The summed E-state index contributed by atoms with van der Waals surface area (Å²) in [6, 6.07) is 25.1. The molecule has 0 radical (unpaired) electrons. The summed E-state index contributed by atoms with van der Waals surface area (Å²) in [5.41, 5.74) is 5.66. The summed E-state index contributed by atoms with van der Waals surface area (Å²) in [4.78, 5) is 2.17. The summed E-state index contributed by atoms with van der Waals surface area (Å²) in [6.45, 7) is 5.19. The molecule has 0 heterocycles. The van der Waals surface area contributed by atoms with E-state index in [1.165, 1.54) is 16.7 Å². The molecule has 27 heavy (non-hydrogen) atoms. The molecule has 140 valence electrons. The number of aromatic hydroxyl groups is 1. The molecule has 0 bridgehead atoms. The highest BCUT2D eigenvalue weighted by molar-refractivity contribution is 5.52. The monoisotopic (exact) mass is 359 g/mol. The van der Waals surface area contributed by atoms with Gasteiger partial charge in [0.2, 0.25) is 0 Å². The molecule has 0 saturated carbocycles. The van der Waals surface area contributed by atoms with Gasteiger partial charge in [-0.05, 0) is 30.8 Å². The third-order valence-electron chi connectivity index (χ3n) is 5.26.